The SMILES string of the molecule is COC(C)(C)CCOC(C)(C)CC(=O)N(CC(C)(C)C)C(C)(C)CC(C)S. The summed E-state index contributed by atoms with van der Waals surface area (Å²) in [6, 6.07) is 0. The summed E-state index contributed by atoms with van der Waals surface area (Å²) in [5.41, 5.74) is -0.956. The molecule has 0 bridgehead atoms. The first-order valence-electron chi connectivity index (χ1n) is 10.1. The lowest BCUT2D eigenvalue weighted by Crippen LogP contribution is -2.53. The molecule has 1 amide bonds. The van der Waals surface area contributed by atoms with E-state index in [-0.39, 0.29) is 27.7 Å². The molecule has 0 spiro atoms. The highest BCUT2D eigenvalue weighted by Gasteiger charge is 2.37. The predicted molar refractivity (Wildman–Crippen MR) is 119 cm³/mol. The van der Waals surface area contributed by atoms with Gasteiger partial charge in [-0.2, -0.15) is 12.6 Å². The van der Waals surface area contributed by atoms with Gasteiger partial charge in [-0.15, -0.1) is 0 Å². The Hall–Kier alpha value is -0.260. The second-order valence-electron chi connectivity index (χ2n) is 10.9. The van der Waals surface area contributed by atoms with E-state index in [2.05, 4.69) is 54.2 Å². The summed E-state index contributed by atoms with van der Waals surface area (Å²) in [6.45, 7) is 22.2. The zero-order chi connectivity index (χ0) is 21.7. The van der Waals surface area contributed by atoms with Gasteiger partial charge in [-0.05, 0) is 59.8 Å². The molecule has 4 nitrogen and oxygen atoms in total. The molecule has 0 aromatic rings. The van der Waals surface area contributed by atoms with E-state index in [0.29, 0.717) is 19.6 Å². The van der Waals surface area contributed by atoms with E-state index in [1.165, 1.54) is 0 Å². The van der Waals surface area contributed by atoms with Crippen molar-refractivity contribution in [2.24, 2.45) is 5.41 Å². The largest absolute Gasteiger partial charge is 0.379 e. The summed E-state index contributed by atoms with van der Waals surface area (Å²) in [5, 5.41) is 0.232. The van der Waals surface area contributed by atoms with Crippen LogP contribution in [0.1, 0.15) is 88.5 Å². The summed E-state index contributed by atoms with van der Waals surface area (Å²) in [4.78, 5) is 15.3. The first-order chi connectivity index (χ1) is 11.9. The van der Waals surface area contributed by atoms with E-state index in [9.17, 15) is 4.79 Å². The molecule has 0 heterocycles. The van der Waals surface area contributed by atoms with Crippen molar-refractivity contribution in [1.29, 1.82) is 0 Å². The molecule has 0 radical (unpaired) electrons. The molecule has 0 rings (SSSR count). The minimum Gasteiger partial charge on any atom is -0.379 e. The van der Waals surface area contributed by atoms with Gasteiger partial charge in [-0.1, -0.05) is 27.7 Å². The fraction of sp³-hybridized carbons (Fsp3) is 0.955. The van der Waals surface area contributed by atoms with Gasteiger partial charge in [0.25, 0.3) is 0 Å². The number of carbonyl (C=O) groups is 1. The Balaban J connectivity index is 5.15. The monoisotopic (exact) mass is 403 g/mol. The van der Waals surface area contributed by atoms with Gasteiger partial charge in [0.1, 0.15) is 0 Å². The standard InChI is InChI=1S/C22H45NO3S/c1-17(27)14-20(5,6)23(16-19(2,3)4)18(24)15-22(9,10)26-13-12-21(7,8)25-11/h17,27H,12-16H2,1-11H3. The molecular formula is C22H45NO3S. The number of carbonyl (C=O) groups excluding carboxylic acids is 1. The molecule has 0 aliphatic carbocycles. The summed E-state index contributed by atoms with van der Waals surface area (Å²) < 4.78 is 11.5. The topological polar surface area (TPSA) is 38.8 Å². The van der Waals surface area contributed by atoms with E-state index >= 15 is 0 Å². The summed E-state index contributed by atoms with van der Waals surface area (Å²) >= 11 is 4.56. The average molecular weight is 404 g/mol. The van der Waals surface area contributed by atoms with Crippen LogP contribution in [-0.4, -0.2) is 53.1 Å². The third-order valence-electron chi connectivity index (χ3n) is 4.79. The van der Waals surface area contributed by atoms with E-state index in [1.807, 2.05) is 32.6 Å². The molecule has 162 valence electrons. The molecule has 0 aliphatic heterocycles. The highest BCUT2D eigenvalue weighted by atomic mass is 32.1. The van der Waals surface area contributed by atoms with E-state index in [4.69, 9.17) is 9.47 Å². The van der Waals surface area contributed by atoms with Crippen LogP contribution >= 0.6 is 12.6 Å². The minimum atomic E-state index is -0.514. The van der Waals surface area contributed by atoms with Crippen LogP contribution in [0.5, 0.6) is 0 Å². The highest BCUT2D eigenvalue weighted by molar-refractivity contribution is 7.80. The van der Waals surface area contributed by atoms with Crippen molar-refractivity contribution in [3.8, 4) is 0 Å². The lowest BCUT2D eigenvalue weighted by Gasteiger charge is -2.44. The number of ether oxygens (including phenoxy) is 2. The van der Waals surface area contributed by atoms with E-state index in [0.717, 1.165) is 12.8 Å². The molecular weight excluding hydrogens is 358 g/mol. The van der Waals surface area contributed by atoms with Crippen LogP contribution < -0.4 is 0 Å². The van der Waals surface area contributed by atoms with Crippen LogP contribution in [-0.2, 0) is 14.3 Å². The first-order valence-corrected chi connectivity index (χ1v) is 10.6. The number of thiol groups is 1. The Labute approximate surface area is 174 Å². The molecule has 0 saturated heterocycles. The van der Waals surface area contributed by atoms with Crippen molar-refractivity contribution >= 4 is 18.5 Å². The van der Waals surface area contributed by atoms with Crippen molar-refractivity contribution in [2.45, 2.75) is 110 Å². The fourth-order valence-electron chi connectivity index (χ4n) is 3.13. The number of amides is 1. The van der Waals surface area contributed by atoms with Gasteiger partial charge >= 0.3 is 0 Å². The molecule has 0 aromatic carbocycles. The second-order valence-corrected chi connectivity index (χ2v) is 11.8. The third kappa shape index (κ3) is 11.4. The van der Waals surface area contributed by atoms with Gasteiger partial charge in [0.15, 0.2) is 0 Å². The minimum absolute atomic E-state index is 0.0280. The van der Waals surface area contributed by atoms with Gasteiger partial charge < -0.3 is 14.4 Å². The van der Waals surface area contributed by atoms with Gasteiger partial charge in [0.05, 0.1) is 24.2 Å². The lowest BCUT2D eigenvalue weighted by molar-refractivity contribution is -0.146. The van der Waals surface area contributed by atoms with Crippen LogP contribution in [0, 0.1) is 5.41 Å². The summed E-state index contributed by atoms with van der Waals surface area (Å²) in [7, 11) is 1.71. The first kappa shape index (κ1) is 26.7. The van der Waals surface area contributed by atoms with Gasteiger partial charge in [0.2, 0.25) is 5.91 Å². The van der Waals surface area contributed by atoms with Crippen LogP contribution in [0.4, 0.5) is 0 Å². The Bertz CT molecular complexity index is 465. The van der Waals surface area contributed by atoms with Crippen molar-refractivity contribution in [1.82, 2.24) is 4.90 Å². The number of hydrogen-bond donors (Lipinski definition) is 1. The van der Waals surface area contributed by atoms with Crippen molar-refractivity contribution in [3.63, 3.8) is 0 Å². The third-order valence-corrected chi connectivity index (χ3v) is 4.97. The van der Waals surface area contributed by atoms with Crippen LogP contribution in [0.25, 0.3) is 0 Å². The van der Waals surface area contributed by atoms with Gasteiger partial charge in [-0.25, -0.2) is 0 Å². The molecule has 0 saturated carbocycles. The Morgan fingerprint density at radius 1 is 1.00 bits per heavy atom. The maximum Gasteiger partial charge on any atom is 0.225 e. The van der Waals surface area contributed by atoms with Crippen molar-refractivity contribution < 1.29 is 14.3 Å². The van der Waals surface area contributed by atoms with Crippen LogP contribution in [0.15, 0.2) is 0 Å². The van der Waals surface area contributed by atoms with E-state index < -0.39 is 5.60 Å². The molecule has 27 heavy (non-hydrogen) atoms. The number of nitrogens with zero attached hydrogens (tertiary/aromatic N) is 1. The lowest BCUT2D eigenvalue weighted by atomic mass is 9.88. The number of rotatable bonds is 11. The average Bonchev–Trinajstić information content (AvgIpc) is 2.41. The molecule has 1 unspecified atom stereocenters. The Morgan fingerprint density at radius 2 is 1.52 bits per heavy atom. The zero-order valence-electron chi connectivity index (χ0n) is 19.7. The smallest absolute Gasteiger partial charge is 0.225 e. The zero-order valence-corrected chi connectivity index (χ0v) is 20.6. The Morgan fingerprint density at radius 3 is 1.93 bits per heavy atom. The molecule has 5 heteroatoms. The number of hydrogen-bond acceptors (Lipinski definition) is 4. The van der Waals surface area contributed by atoms with Crippen LogP contribution in [0.3, 0.4) is 0 Å². The highest BCUT2D eigenvalue weighted by Crippen LogP contribution is 2.30. The van der Waals surface area contributed by atoms with Crippen molar-refractivity contribution in [3.05, 3.63) is 0 Å². The molecule has 1 atom stereocenters. The normalized spacial score (nSPS) is 15.0. The van der Waals surface area contributed by atoms with Crippen LogP contribution in [0.2, 0.25) is 0 Å². The fourth-order valence-corrected chi connectivity index (χ4v) is 3.58. The summed E-state index contributed by atoms with van der Waals surface area (Å²) in [6.07, 6.45) is 2.00. The molecule has 0 aromatic heterocycles. The second kappa shape index (κ2) is 9.98. The molecule has 0 fully saturated rings. The maximum absolute atomic E-state index is 13.3. The predicted octanol–water partition coefficient (Wildman–Crippen LogP) is 5.35. The quantitative estimate of drug-likeness (QED) is 0.473. The van der Waals surface area contributed by atoms with E-state index in [1.54, 1.807) is 7.11 Å². The molecule has 0 aliphatic rings. The molecule has 0 N–H and O–H groups in total. The maximum atomic E-state index is 13.3. The summed E-state index contributed by atoms with van der Waals surface area (Å²) in [5.74, 6) is 0.139. The number of methoxy groups -OCH3 is 1. The van der Waals surface area contributed by atoms with Crippen molar-refractivity contribution in [2.75, 3.05) is 20.3 Å². The van der Waals surface area contributed by atoms with Gasteiger partial charge in [0, 0.05) is 24.4 Å². The van der Waals surface area contributed by atoms with Gasteiger partial charge in [-0.3, -0.25) is 4.79 Å². The Kier molecular flexibility index (Phi) is 9.88.